The number of hydrogen-bond acceptors (Lipinski definition) is 6. The van der Waals surface area contributed by atoms with Gasteiger partial charge in [-0.05, 0) is 66.8 Å². The summed E-state index contributed by atoms with van der Waals surface area (Å²) in [5, 5.41) is 11.4. The lowest BCUT2D eigenvalue weighted by molar-refractivity contribution is -0.139. The molecule has 3 aromatic carbocycles. The van der Waals surface area contributed by atoms with Crippen molar-refractivity contribution in [2.75, 3.05) is 27.9 Å². The van der Waals surface area contributed by atoms with E-state index in [1.165, 1.54) is 4.90 Å². The summed E-state index contributed by atoms with van der Waals surface area (Å²) in [5.74, 6) is 0.353. The maximum Gasteiger partial charge on any atom is 0.295 e. The third kappa shape index (κ3) is 4.89. The number of aliphatic hydroxyl groups is 1. The van der Waals surface area contributed by atoms with Crippen molar-refractivity contribution in [1.82, 2.24) is 4.90 Å². The van der Waals surface area contributed by atoms with Crippen LogP contribution < -0.4 is 14.2 Å². The Kier molecular flexibility index (Phi) is 7.53. The van der Waals surface area contributed by atoms with Gasteiger partial charge < -0.3 is 24.2 Å². The molecule has 0 aliphatic carbocycles. The van der Waals surface area contributed by atoms with Gasteiger partial charge in [0.1, 0.15) is 11.5 Å². The summed E-state index contributed by atoms with van der Waals surface area (Å²) >= 11 is 0. The van der Waals surface area contributed by atoms with Gasteiger partial charge in [0.25, 0.3) is 11.7 Å². The second kappa shape index (κ2) is 10.8. The van der Waals surface area contributed by atoms with Crippen molar-refractivity contribution >= 4 is 17.4 Å². The van der Waals surface area contributed by atoms with Crippen LogP contribution in [-0.2, 0) is 16.0 Å². The number of hydrogen-bond donors (Lipinski definition) is 1. The van der Waals surface area contributed by atoms with E-state index in [1.807, 2.05) is 68.4 Å². The first-order valence-corrected chi connectivity index (χ1v) is 12.0. The van der Waals surface area contributed by atoms with Crippen molar-refractivity contribution in [3.05, 3.63) is 94.1 Å². The highest BCUT2D eigenvalue weighted by Gasteiger charge is 2.46. The number of benzene rings is 3. The number of nitrogens with zero attached hydrogens (tertiary/aromatic N) is 1. The summed E-state index contributed by atoms with van der Waals surface area (Å²) in [5.41, 5.74) is 3.80. The number of rotatable bonds is 8. The van der Waals surface area contributed by atoms with Gasteiger partial charge in [0, 0.05) is 12.1 Å². The molecular weight excluding hydrogens is 470 g/mol. The molecule has 1 N–H and O–H groups in total. The molecule has 4 rings (SSSR count). The van der Waals surface area contributed by atoms with Crippen LogP contribution in [0.3, 0.4) is 0 Å². The molecule has 1 aliphatic heterocycles. The van der Waals surface area contributed by atoms with E-state index in [1.54, 1.807) is 27.4 Å². The SMILES string of the molecule is COc1cc(C)c(/C(O)=C2\C(=O)C(=O)N(CCc3ccc(OC)c(OC)c3)C2c2ccccc2)cc1C. The topological polar surface area (TPSA) is 85.3 Å². The van der Waals surface area contributed by atoms with E-state index in [0.29, 0.717) is 29.2 Å². The van der Waals surface area contributed by atoms with Gasteiger partial charge in [-0.1, -0.05) is 36.4 Å². The quantitative estimate of drug-likeness (QED) is 0.266. The summed E-state index contributed by atoms with van der Waals surface area (Å²) in [4.78, 5) is 28.2. The fourth-order valence-electron chi connectivity index (χ4n) is 4.79. The first kappa shape index (κ1) is 25.8. The second-order valence-corrected chi connectivity index (χ2v) is 8.98. The van der Waals surface area contributed by atoms with E-state index in [-0.39, 0.29) is 17.9 Å². The van der Waals surface area contributed by atoms with Crippen molar-refractivity contribution in [3.8, 4) is 17.2 Å². The van der Waals surface area contributed by atoms with E-state index >= 15 is 0 Å². The zero-order chi connectivity index (χ0) is 26.7. The zero-order valence-corrected chi connectivity index (χ0v) is 21.7. The molecule has 0 saturated carbocycles. The van der Waals surface area contributed by atoms with Crippen LogP contribution in [0.2, 0.25) is 0 Å². The third-order valence-corrected chi connectivity index (χ3v) is 6.74. The standard InChI is InChI=1S/C30H31NO6/c1-18-16-24(36-4)19(2)15-22(18)28(32)26-27(21-9-7-6-8-10-21)31(30(34)29(26)33)14-13-20-11-12-23(35-3)25(17-20)37-5/h6-12,15-17,27,32H,13-14H2,1-5H3/b28-26+. The van der Waals surface area contributed by atoms with Crippen molar-refractivity contribution < 1.29 is 28.9 Å². The first-order chi connectivity index (χ1) is 17.8. The van der Waals surface area contributed by atoms with E-state index in [9.17, 15) is 14.7 Å². The molecule has 1 unspecified atom stereocenters. The van der Waals surface area contributed by atoms with Gasteiger partial charge in [-0.25, -0.2) is 0 Å². The number of ketones is 1. The summed E-state index contributed by atoms with van der Waals surface area (Å²) in [6, 6.07) is 17.7. The number of carbonyl (C=O) groups is 2. The number of methoxy groups -OCH3 is 3. The largest absolute Gasteiger partial charge is 0.507 e. The van der Waals surface area contributed by atoms with Gasteiger partial charge >= 0.3 is 0 Å². The van der Waals surface area contributed by atoms with Crippen LogP contribution in [0.4, 0.5) is 0 Å². The molecule has 1 saturated heterocycles. The van der Waals surface area contributed by atoms with Crippen molar-refractivity contribution in [1.29, 1.82) is 0 Å². The fourth-order valence-corrected chi connectivity index (χ4v) is 4.79. The van der Waals surface area contributed by atoms with E-state index in [4.69, 9.17) is 14.2 Å². The van der Waals surface area contributed by atoms with Crippen LogP contribution in [0.25, 0.3) is 5.76 Å². The van der Waals surface area contributed by atoms with E-state index < -0.39 is 17.7 Å². The average Bonchev–Trinajstić information content (AvgIpc) is 3.17. The van der Waals surface area contributed by atoms with Gasteiger partial charge in [0.05, 0.1) is 32.9 Å². The Morgan fingerprint density at radius 3 is 2.16 bits per heavy atom. The Morgan fingerprint density at radius 2 is 1.51 bits per heavy atom. The fraction of sp³-hybridized carbons (Fsp3) is 0.267. The lowest BCUT2D eigenvalue weighted by Crippen LogP contribution is -2.31. The normalized spacial score (nSPS) is 16.7. The van der Waals surface area contributed by atoms with Crippen LogP contribution in [0, 0.1) is 13.8 Å². The minimum Gasteiger partial charge on any atom is -0.507 e. The molecule has 0 spiro atoms. The number of aliphatic hydroxyl groups excluding tert-OH is 1. The highest BCUT2D eigenvalue weighted by molar-refractivity contribution is 6.46. The molecule has 7 heteroatoms. The van der Waals surface area contributed by atoms with Gasteiger partial charge in [0.15, 0.2) is 11.5 Å². The lowest BCUT2D eigenvalue weighted by Gasteiger charge is -2.25. The van der Waals surface area contributed by atoms with Crippen LogP contribution in [-0.4, -0.2) is 49.6 Å². The number of likely N-dealkylation sites (tertiary alicyclic amines) is 1. The highest BCUT2D eigenvalue weighted by atomic mass is 16.5. The number of aryl methyl sites for hydroxylation is 2. The maximum atomic E-state index is 13.4. The molecule has 0 aromatic heterocycles. The van der Waals surface area contributed by atoms with E-state index in [0.717, 1.165) is 22.3 Å². The van der Waals surface area contributed by atoms with Crippen LogP contribution in [0.1, 0.15) is 33.9 Å². The molecule has 192 valence electrons. The van der Waals surface area contributed by atoms with E-state index in [2.05, 4.69) is 0 Å². The van der Waals surface area contributed by atoms with Gasteiger partial charge in [0.2, 0.25) is 0 Å². The summed E-state index contributed by atoms with van der Waals surface area (Å²) in [7, 11) is 4.72. The molecule has 1 fully saturated rings. The van der Waals surface area contributed by atoms with Gasteiger partial charge in [-0.15, -0.1) is 0 Å². The molecule has 0 bridgehead atoms. The third-order valence-electron chi connectivity index (χ3n) is 6.74. The van der Waals surface area contributed by atoms with Crippen LogP contribution >= 0.6 is 0 Å². The summed E-state index contributed by atoms with van der Waals surface area (Å²) in [6.45, 7) is 3.98. The number of ether oxygens (including phenoxy) is 3. The first-order valence-electron chi connectivity index (χ1n) is 12.0. The molecular formula is C30H31NO6. The maximum absolute atomic E-state index is 13.4. The number of carbonyl (C=O) groups excluding carboxylic acids is 2. The molecule has 0 radical (unpaired) electrons. The Morgan fingerprint density at radius 1 is 0.838 bits per heavy atom. The summed E-state index contributed by atoms with van der Waals surface area (Å²) in [6.07, 6.45) is 0.484. The highest BCUT2D eigenvalue weighted by Crippen LogP contribution is 2.40. The van der Waals surface area contributed by atoms with Crippen LogP contribution in [0.15, 0.2) is 66.2 Å². The minimum atomic E-state index is -0.719. The number of amides is 1. The Hall–Kier alpha value is -4.26. The Balaban J connectivity index is 1.77. The monoisotopic (exact) mass is 501 g/mol. The molecule has 7 nitrogen and oxygen atoms in total. The molecule has 1 atom stereocenters. The lowest BCUT2D eigenvalue weighted by atomic mass is 9.93. The zero-order valence-electron chi connectivity index (χ0n) is 21.7. The minimum absolute atomic E-state index is 0.0798. The van der Waals surface area contributed by atoms with Crippen molar-refractivity contribution in [2.45, 2.75) is 26.3 Å². The average molecular weight is 502 g/mol. The smallest absolute Gasteiger partial charge is 0.295 e. The van der Waals surface area contributed by atoms with Crippen molar-refractivity contribution in [2.24, 2.45) is 0 Å². The predicted octanol–water partition coefficient (Wildman–Crippen LogP) is 4.99. The van der Waals surface area contributed by atoms with Gasteiger partial charge in [-0.3, -0.25) is 9.59 Å². The van der Waals surface area contributed by atoms with Crippen LogP contribution in [0.5, 0.6) is 17.2 Å². The molecule has 3 aromatic rings. The molecule has 1 aliphatic rings. The Labute approximate surface area is 216 Å². The second-order valence-electron chi connectivity index (χ2n) is 8.98. The molecule has 1 heterocycles. The van der Waals surface area contributed by atoms with Crippen molar-refractivity contribution in [3.63, 3.8) is 0 Å². The molecule has 1 amide bonds. The Bertz CT molecular complexity index is 1360. The molecule has 37 heavy (non-hydrogen) atoms. The number of Topliss-reactive ketones (excluding diaryl/α,β-unsaturated/α-hetero) is 1. The predicted molar refractivity (Wildman–Crippen MR) is 141 cm³/mol. The van der Waals surface area contributed by atoms with Gasteiger partial charge in [-0.2, -0.15) is 0 Å². The summed E-state index contributed by atoms with van der Waals surface area (Å²) < 4.78 is 16.1.